The lowest BCUT2D eigenvalue weighted by Gasteiger charge is -2.21. The zero-order valence-corrected chi connectivity index (χ0v) is 11.4. The van der Waals surface area contributed by atoms with E-state index in [9.17, 15) is 4.79 Å². The molecule has 0 aliphatic rings. The second kappa shape index (κ2) is 6.28. The van der Waals surface area contributed by atoms with Crippen molar-refractivity contribution in [3.63, 3.8) is 0 Å². The largest absolute Gasteiger partial charge is 0.494 e. The summed E-state index contributed by atoms with van der Waals surface area (Å²) in [6, 6.07) is 7.31. The molecule has 0 aliphatic heterocycles. The Morgan fingerprint density at radius 3 is 2.06 bits per heavy atom. The van der Waals surface area contributed by atoms with Gasteiger partial charge < -0.3 is 14.2 Å². The number of methoxy groups -OCH3 is 1. The smallest absolute Gasteiger partial charge is 0.314 e. The third-order valence-corrected chi connectivity index (χ3v) is 2.47. The lowest BCUT2D eigenvalue weighted by Crippen LogP contribution is -2.32. The Balaban J connectivity index is 2.55. The second-order valence-electron chi connectivity index (χ2n) is 4.57. The molecule has 0 bridgehead atoms. The Kier molecular flexibility index (Phi) is 5.01. The number of hydrogen-bond acceptors (Lipinski definition) is 4. The van der Waals surface area contributed by atoms with Crippen LogP contribution >= 0.6 is 0 Å². The van der Waals surface area contributed by atoms with Gasteiger partial charge in [0, 0.05) is 0 Å². The quantitative estimate of drug-likeness (QED) is 0.730. The van der Waals surface area contributed by atoms with E-state index >= 15 is 0 Å². The average molecular weight is 252 g/mol. The SMILES string of the molecule is CCOc1ccc(OCC(C)(C)C(=O)OC)cc1. The van der Waals surface area contributed by atoms with E-state index in [-0.39, 0.29) is 12.6 Å². The molecule has 1 aromatic carbocycles. The fraction of sp³-hybridized carbons (Fsp3) is 0.500. The number of rotatable bonds is 6. The van der Waals surface area contributed by atoms with Crippen LogP contribution in [0.15, 0.2) is 24.3 Å². The van der Waals surface area contributed by atoms with Gasteiger partial charge in [-0.05, 0) is 45.0 Å². The maximum Gasteiger partial charge on any atom is 0.314 e. The summed E-state index contributed by atoms with van der Waals surface area (Å²) in [6.07, 6.45) is 0. The molecule has 0 spiro atoms. The topological polar surface area (TPSA) is 44.8 Å². The Hall–Kier alpha value is -1.71. The van der Waals surface area contributed by atoms with Crippen LogP contribution in [0.3, 0.4) is 0 Å². The first-order valence-electron chi connectivity index (χ1n) is 5.93. The molecule has 0 fully saturated rings. The fourth-order valence-electron chi connectivity index (χ4n) is 1.40. The lowest BCUT2D eigenvalue weighted by atomic mass is 9.95. The van der Waals surface area contributed by atoms with Crippen LogP contribution in [-0.4, -0.2) is 26.3 Å². The molecule has 0 radical (unpaired) electrons. The van der Waals surface area contributed by atoms with Crippen molar-refractivity contribution in [2.75, 3.05) is 20.3 Å². The molecular weight excluding hydrogens is 232 g/mol. The van der Waals surface area contributed by atoms with Crippen molar-refractivity contribution in [3.05, 3.63) is 24.3 Å². The molecule has 0 unspecified atom stereocenters. The molecule has 0 aromatic heterocycles. The number of hydrogen-bond donors (Lipinski definition) is 0. The Bertz CT molecular complexity index is 381. The van der Waals surface area contributed by atoms with Crippen molar-refractivity contribution in [2.24, 2.45) is 5.41 Å². The van der Waals surface area contributed by atoms with Crippen molar-refractivity contribution < 1.29 is 19.0 Å². The minimum atomic E-state index is -0.659. The predicted octanol–water partition coefficient (Wildman–Crippen LogP) is 2.66. The van der Waals surface area contributed by atoms with Gasteiger partial charge in [-0.1, -0.05) is 0 Å². The molecule has 0 heterocycles. The summed E-state index contributed by atoms with van der Waals surface area (Å²) < 4.78 is 15.6. The average Bonchev–Trinajstić information content (AvgIpc) is 2.37. The molecule has 0 N–H and O–H groups in total. The summed E-state index contributed by atoms with van der Waals surface area (Å²) >= 11 is 0. The van der Waals surface area contributed by atoms with Gasteiger partial charge in [0.1, 0.15) is 18.1 Å². The van der Waals surface area contributed by atoms with Gasteiger partial charge in [0.05, 0.1) is 19.1 Å². The van der Waals surface area contributed by atoms with E-state index in [1.807, 2.05) is 31.2 Å². The van der Waals surface area contributed by atoms with Gasteiger partial charge in [0.25, 0.3) is 0 Å². The lowest BCUT2D eigenvalue weighted by molar-refractivity contribution is -0.152. The van der Waals surface area contributed by atoms with Crippen molar-refractivity contribution >= 4 is 5.97 Å². The number of benzene rings is 1. The van der Waals surface area contributed by atoms with Gasteiger partial charge in [-0.2, -0.15) is 0 Å². The highest BCUT2D eigenvalue weighted by Gasteiger charge is 2.29. The second-order valence-corrected chi connectivity index (χ2v) is 4.57. The van der Waals surface area contributed by atoms with Crippen LogP contribution in [0.1, 0.15) is 20.8 Å². The van der Waals surface area contributed by atoms with E-state index in [0.717, 1.165) is 5.75 Å². The molecule has 4 heteroatoms. The monoisotopic (exact) mass is 252 g/mol. The predicted molar refractivity (Wildman–Crippen MR) is 68.9 cm³/mol. The van der Waals surface area contributed by atoms with Gasteiger partial charge in [-0.15, -0.1) is 0 Å². The van der Waals surface area contributed by atoms with Crippen LogP contribution in [0.2, 0.25) is 0 Å². The van der Waals surface area contributed by atoms with Crippen molar-refractivity contribution in [2.45, 2.75) is 20.8 Å². The highest BCUT2D eigenvalue weighted by atomic mass is 16.5. The Morgan fingerprint density at radius 1 is 1.11 bits per heavy atom. The Morgan fingerprint density at radius 2 is 1.61 bits per heavy atom. The third-order valence-electron chi connectivity index (χ3n) is 2.47. The van der Waals surface area contributed by atoms with Gasteiger partial charge in [0.15, 0.2) is 0 Å². The number of carbonyl (C=O) groups excluding carboxylic acids is 1. The highest BCUT2D eigenvalue weighted by molar-refractivity contribution is 5.75. The number of esters is 1. The Labute approximate surface area is 108 Å². The van der Waals surface area contributed by atoms with E-state index in [2.05, 4.69) is 0 Å². The molecule has 100 valence electrons. The zero-order chi connectivity index (χ0) is 13.6. The van der Waals surface area contributed by atoms with Crippen LogP contribution < -0.4 is 9.47 Å². The van der Waals surface area contributed by atoms with E-state index in [0.29, 0.717) is 12.4 Å². The first-order valence-corrected chi connectivity index (χ1v) is 5.93. The first-order chi connectivity index (χ1) is 8.49. The normalized spacial score (nSPS) is 10.9. The van der Waals surface area contributed by atoms with Crippen molar-refractivity contribution in [3.8, 4) is 11.5 Å². The summed E-state index contributed by atoms with van der Waals surface area (Å²) in [5, 5.41) is 0. The molecule has 18 heavy (non-hydrogen) atoms. The summed E-state index contributed by atoms with van der Waals surface area (Å²) in [7, 11) is 1.38. The standard InChI is InChI=1S/C14H20O4/c1-5-17-11-6-8-12(9-7-11)18-10-14(2,3)13(15)16-4/h6-9H,5,10H2,1-4H3. The van der Waals surface area contributed by atoms with Crippen LogP contribution in [0.4, 0.5) is 0 Å². The van der Waals surface area contributed by atoms with Gasteiger partial charge in [0.2, 0.25) is 0 Å². The van der Waals surface area contributed by atoms with Gasteiger partial charge in [-0.3, -0.25) is 4.79 Å². The molecular formula is C14H20O4. The number of carbonyl (C=O) groups is 1. The van der Waals surface area contributed by atoms with Crippen molar-refractivity contribution in [1.82, 2.24) is 0 Å². The maximum absolute atomic E-state index is 11.5. The van der Waals surface area contributed by atoms with Crippen LogP contribution in [0.5, 0.6) is 11.5 Å². The molecule has 0 atom stereocenters. The summed E-state index contributed by atoms with van der Waals surface area (Å²) in [6.45, 7) is 6.41. The summed E-state index contributed by atoms with van der Waals surface area (Å²) in [5.74, 6) is 1.22. The molecule has 1 rings (SSSR count). The molecule has 4 nitrogen and oxygen atoms in total. The first kappa shape index (κ1) is 14.4. The zero-order valence-electron chi connectivity index (χ0n) is 11.4. The van der Waals surface area contributed by atoms with Crippen molar-refractivity contribution in [1.29, 1.82) is 0 Å². The summed E-state index contributed by atoms with van der Waals surface area (Å²) in [5.41, 5.74) is -0.659. The van der Waals surface area contributed by atoms with Crippen LogP contribution in [-0.2, 0) is 9.53 Å². The number of ether oxygens (including phenoxy) is 3. The van der Waals surface area contributed by atoms with E-state index in [4.69, 9.17) is 14.2 Å². The van der Waals surface area contributed by atoms with Gasteiger partial charge in [-0.25, -0.2) is 0 Å². The van der Waals surface area contributed by atoms with E-state index < -0.39 is 5.41 Å². The van der Waals surface area contributed by atoms with E-state index in [1.54, 1.807) is 13.8 Å². The highest BCUT2D eigenvalue weighted by Crippen LogP contribution is 2.22. The molecule has 1 aromatic rings. The molecule has 0 saturated heterocycles. The van der Waals surface area contributed by atoms with E-state index in [1.165, 1.54) is 7.11 Å². The van der Waals surface area contributed by atoms with Crippen LogP contribution in [0, 0.1) is 5.41 Å². The molecule has 0 amide bonds. The third kappa shape index (κ3) is 3.95. The molecule has 0 aliphatic carbocycles. The molecule has 0 saturated carbocycles. The summed E-state index contributed by atoms with van der Waals surface area (Å²) in [4.78, 5) is 11.5. The van der Waals surface area contributed by atoms with Crippen LogP contribution in [0.25, 0.3) is 0 Å². The minimum Gasteiger partial charge on any atom is -0.494 e. The van der Waals surface area contributed by atoms with Gasteiger partial charge >= 0.3 is 5.97 Å². The maximum atomic E-state index is 11.5. The minimum absolute atomic E-state index is 0.271. The fourth-order valence-corrected chi connectivity index (χ4v) is 1.40.